The van der Waals surface area contributed by atoms with E-state index in [2.05, 4.69) is 20.4 Å². The summed E-state index contributed by atoms with van der Waals surface area (Å²) in [4.78, 5) is 59.9. The molecule has 4 N–H and O–H groups in total. The number of rotatable bonds is 8. The van der Waals surface area contributed by atoms with Gasteiger partial charge < -0.3 is 29.8 Å². The number of thiazole rings is 1. The number of hydrogen-bond acceptors (Lipinski definition) is 14. The standard InChI is InChI=1S/C24H20N6O8S2/c1-11-15(38-24(34)37-11)8-36-22(33)18-13(5-4-12-3-2-6-26-7-12)9-39-21-17(20(32)30(18)21)28-19(31)16(29-35)14-10-40-23(25)27-14/h2-7,10,17,21,35H,8-9H2,1H3,(H2,25,27)(H,28,31)/b5-4-,29-16?/t17-,21+/m1/s1. The van der Waals surface area contributed by atoms with Crippen LogP contribution in [0.4, 0.5) is 5.13 Å². The third kappa shape index (κ3) is 5.26. The number of β-lactam (4-membered cyclic amide) rings is 1. The fourth-order valence-corrected chi connectivity index (χ4v) is 5.82. The minimum Gasteiger partial charge on any atom is -0.453 e. The van der Waals surface area contributed by atoms with Crippen LogP contribution in [0.25, 0.3) is 6.08 Å². The van der Waals surface area contributed by atoms with Crippen LogP contribution in [0.5, 0.6) is 0 Å². The van der Waals surface area contributed by atoms with E-state index in [0.717, 1.165) is 16.9 Å². The first-order valence-corrected chi connectivity index (χ1v) is 13.5. The maximum Gasteiger partial charge on any atom is 0.519 e. The molecule has 2 aliphatic heterocycles. The van der Waals surface area contributed by atoms with Crippen molar-refractivity contribution in [3.63, 3.8) is 0 Å². The van der Waals surface area contributed by atoms with Gasteiger partial charge in [-0.25, -0.2) is 14.6 Å². The molecule has 40 heavy (non-hydrogen) atoms. The number of carbonyl (C=O) groups excluding carboxylic acids is 3. The van der Waals surface area contributed by atoms with Gasteiger partial charge in [-0.15, -0.1) is 23.1 Å². The van der Waals surface area contributed by atoms with Gasteiger partial charge in [0.2, 0.25) is 0 Å². The van der Waals surface area contributed by atoms with Crippen molar-refractivity contribution in [2.45, 2.75) is 24.9 Å². The van der Waals surface area contributed by atoms with Gasteiger partial charge in [-0.1, -0.05) is 23.4 Å². The van der Waals surface area contributed by atoms with Gasteiger partial charge in [-0.3, -0.25) is 19.5 Å². The number of fused-ring (bicyclic) bond motifs is 1. The normalized spacial score (nSPS) is 19.0. The molecule has 2 amide bonds. The number of anilines is 1. The quantitative estimate of drug-likeness (QED) is 0.113. The van der Waals surface area contributed by atoms with E-state index < -0.39 is 47.3 Å². The number of nitrogens with one attached hydrogen (secondary N) is 1. The van der Waals surface area contributed by atoms with Crippen molar-refractivity contribution in [1.29, 1.82) is 0 Å². The maximum absolute atomic E-state index is 13.3. The molecule has 3 aromatic heterocycles. The zero-order valence-corrected chi connectivity index (χ0v) is 22.2. The Balaban J connectivity index is 1.38. The smallest absolute Gasteiger partial charge is 0.453 e. The predicted octanol–water partition coefficient (Wildman–Crippen LogP) is 1.26. The number of hydrogen-bond donors (Lipinski definition) is 3. The van der Waals surface area contributed by atoms with Gasteiger partial charge in [-0.2, -0.15) is 0 Å². The van der Waals surface area contributed by atoms with E-state index in [9.17, 15) is 24.4 Å². The van der Waals surface area contributed by atoms with Crippen molar-refractivity contribution in [2.24, 2.45) is 5.16 Å². The number of pyridine rings is 1. The van der Waals surface area contributed by atoms with Crippen LogP contribution < -0.4 is 16.9 Å². The molecule has 206 valence electrons. The Morgan fingerprint density at radius 3 is 2.83 bits per heavy atom. The Hall–Kier alpha value is -4.70. The summed E-state index contributed by atoms with van der Waals surface area (Å²) in [5.41, 5.74) is 6.48. The fraction of sp³-hybridized carbons (Fsp3) is 0.208. The molecule has 0 saturated carbocycles. The second-order valence-electron chi connectivity index (χ2n) is 8.38. The largest absolute Gasteiger partial charge is 0.519 e. The molecule has 3 aromatic rings. The summed E-state index contributed by atoms with van der Waals surface area (Å²) in [5.74, 6) is -2.70. The topological polar surface area (TPSA) is 203 Å². The average Bonchev–Trinajstić information content (AvgIpc) is 3.52. The summed E-state index contributed by atoms with van der Waals surface area (Å²) in [6.07, 6.45) is 6.68. The van der Waals surface area contributed by atoms with Crippen LogP contribution in [0, 0.1) is 6.92 Å². The zero-order valence-electron chi connectivity index (χ0n) is 20.6. The molecule has 2 aliphatic rings. The number of allylic oxidation sites excluding steroid dienone is 1. The van der Waals surface area contributed by atoms with Crippen LogP contribution in [0.3, 0.4) is 0 Å². The summed E-state index contributed by atoms with van der Waals surface area (Å²) in [5, 5.41) is 15.9. The van der Waals surface area contributed by atoms with E-state index in [1.807, 2.05) is 6.07 Å². The number of nitrogens with zero attached hydrogens (tertiary/aromatic N) is 4. The third-order valence-electron chi connectivity index (χ3n) is 5.89. The second kappa shape index (κ2) is 11.2. The molecule has 0 unspecified atom stereocenters. The molecule has 5 rings (SSSR count). The first kappa shape index (κ1) is 26.9. The number of aromatic nitrogens is 2. The first-order chi connectivity index (χ1) is 19.3. The molecular formula is C24H20N6O8S2. The van der Waals surface area contributed by atoms with Crippen LogP contribution in [0.1, 0.15) is 22.8 Å². The second-order valence-corrected chi connectivity index (χ2v) is 10.4. The fourth-order valence-electron chi connectivity index (χ4n) is 3.96. The van der Waals surface area contributed by atoms with Crippen molar-refractivity contribution in [2.75, 3.05) is 11.5 Å². The Labute approximate surface area is 233 Å². The minimum atomic E-state index is -1.02. The molecule has 5 heterocycles. The van der Waals surface area contributed by atoms with E-state index in [-0.39, 0.29) is 28.0 Å². The SMILES string of the molecule is Cc1oc(=O)oc1COC(=O)C1=C(/C=C\c2cccnc2)CS[C@H]2[C@H](NC(=O)C(=NO)c3csc(N)n3)C(=O)N12. The number of nitrogens with two attached hydrogens (primary N) is 1. The maximum atomic E-state index is 13.3. The lowest BCUT2D eigenvalue weighted by Crippen LogP contribution is -2.71. The molecule has 0 spiro atoms. The van der Waals surface area contributed by atoms with Crippen LogP contribution in [-0.2, 0) is 25.7 Å². The van der Waals surface area contributed by atoms with E-state index in [1.165, 1.54) is 29.0 Å². The number of nitrogen functional groups attached to an aromatic ring is 1. The molecule has 14 nitrogen and oxygen atoms in total. The van der Waals surface area contributed by atoms with E-state index in [1.54, 1.807) is 30.6 Å². The van der Waals surface area contributed by atoms with Gasteiger partial charge in [0.25, 0.3) is 11.8 Å². The number of aryl methyl sites for hydroxylation is 1. The number of amides is 2. The molecule has 2 atom stereocenters. The van der Waals surface area contributed by atoms with Gasteiger partial charge in [0.15, 0.2) is 29.0 Å². The number of thioether (sulfide) groups is 1. The summed E-state index contributed by atoms with van der Waals surface area (Å²) >= 11 is 2.37. The highest BCUT2D eigenvalue weighted by Crippen LogP contribution is 2.41. The molecule has 0 aliphatic carbocycles. The molecule has 0 radical (unpaired) electrons. The van der Waals surface area contributed by atoms with Crippen molar-refractivity contribution in [1.82, 2.24) is 20.2 Å². The van der Waals surface area contributed by atoms with Crippen LogP contribution in [-0.4, -0.2) is 60.7 Å². The highest BCUT2D eigenvalue weighted by molar-refractivity contribution is 8.00. The van der Waals surface area contributed by atoms with Gasteiger partial charge in [-0.05, 0) is 24.1 Å². The van der Waals surface area contributed by atoms with E-state index in [4.69, 9.17) is 19.3 Å². The lowest BCUT2D eigenvalue weighted by molar-refractivity contribution is -0.153. The van der Waals surface area contributed by atoms with Crippen LogP contribution >= 0.6 is 23.1 Å². The summed E-state index contributed by atoms with van der Waals surface area (Å²) in [6.45, 7) is 1.09. The highest BCUT2D eigenvalue weighted by atomic mass is 32.2. The number of ether oxygens (including phenoxy) is 1. The van der Waals surface area contributed by atoms with Crippen molar-refractivity contribution >= 4 is 57.8 Å². The molecule has 16 heteroatoms. The van der Waals surface area contributed by atoms with Crippen molar-refractivity contribution < 1.29 is 33.2 Å². The average molecular weight is 585 g/mol. The van der Waals surface area contributed by atoms with Gasteiger partial charge in [0.1, 0.15) is 22.8 Å². The monoisotopic (exact) mass is 584 g/mol. The number of oxime groups is 1. The first-order valence-electron chi connectivity index (χ1n) is 11.5. The Morgan fingerprint density at radius 1 is 1.35 bits per heavy atom. The third-order valence-corrected chi connectivity index (χ3v) is 7.86. The number of esters is 1. The van der Waals surface area contributed by atoms with Crippen molar-refractivity contribution in [3.8, 4) is 0 Å². The molecule has 0 aromatic carbocycles. The van der Waals surface area contributed by atoms with Crippen molar-refractivity contribution in [3.05, 3.63) is 80.6 Å². The Kier molecular flexibility index (Phi) is 7.52. The van der Waals surface area contributed by atoms with E-state index in [0.29, 0.717) is 11.3 Å². The Morgan fingerprint density at radius 2 is 2.17 bits per heavy atom. The summed E-state index contributed by atoms with van der Waals surface area (Å²) in [6, 6.07) is 2.55. The van der Waals surface area contributed by atoms with Gasteiger partial charge in [0, 0.05) is 23.5 Å². The molecule has 1 fully saturated rings. The lowest BCUT2D eigenvalue weighted by atomic mass is 10.0. The zero-order chi connectivity index (χ0) is 28.4. The van der Waals surface area contributed by atoms with Gasteiger partial charge in [0.05, 0.1) is 0 Å². The van der Waals surface area contributed by atoms with Crippen LogP contribution in [0.2, 0.25) is 0 Å². The molecule has 1 saturated heterocycles. The van der Waals surface area contributed by atoms with E-state index >= 15 is 0 Å². The minimum absolute atomic E-state index is 0.0220. The predicted molar refractivity (Wildman–Crippen MR) is 142 cm³/mol. The molecular weight excluding hydrogens is 564 g/mol. The van der Waals surface area contributed by atoms with Gasteiger partial charge >= 0.3 is 11.8 Å². The number of carbonyl (C=O) groups is 3. The van der Waals surface area contributed by atoms with Crippen LogP contribution in [0.15, 0.2) is 66.0 Å². The Bertz CT molecular complexity index is 1620. The summed E-state index contributed by atoms with van der Waals surface area (Å²) < 4.78 is 15.1. The highest BCUT2D eigenvalue weighted by Gasteiger charge is 2.54. The molecule has 0 bridgehead atoms. The lowest BCUT2D eigenvalue weighted by Gasteiger charge is -2.49. The summed E-state index contributed by atoms with van der Waals surface area (Å²) in [7, 11) is 0.